The molecule has 0 radical (unpaired) electrons. The fraction of sp³-hybridized carbons (Fsp3) is 0.500. The SMILES string of the molecule is Cl.NCCC1CCCCN1C(=O)c1ccc(I)cc1. The smallest absolute Gasteiger partial charge is 0.254 e. The maximum Gasteiger partial charge on any atom is 0.254 e. The molecule has 2 rings (SSSR count). The normalized spacial score (nSPS) is 18.8. The Labute approximate surface area is 134 Å². The van der Waals surface area contributed by atoms with E-state index >= 15 is 0 Å². The van der Waals surface area contributed by atoms with Crippen LogP contribution in [0.3, 0.4) is 0 Å². The van der Waals surface area contributed by atoms with E-state index in [1.807, 2.05) is 29.2 Å². The van der Waals surface area contributed by atoms with Gasteiger partial charge >= 0.3 is 0 Å². The van der Waals surface area contributed by atoms with Crippen molar-refractivity contribution in [1.29, 1.82) is 0 Å². The van der Waals surface area contributed by atoms with Crippen LogP contribution in [0, 0.1) is 3.57 Å². The molecule has 1 amide bonds. The van der Waals surface area contributed by atoms with Gasteiger partial charge in [-0.15, -0.1) is 12.4 Å². The highest BCUT2D eigenvalue weighted by Gasteiger charge is 2.26. The summed E-state index contributed by atoms with van der Waals surface area (Å²) in [5.41, 5.74) is 6.43. The number of halogens is 2. The Hall–Kier alpha value is -0.330. The predicted molar refractivity (Wildman–Crippen MR) is 88.8 cm³/mol. The Bertz CT molecular complexity index is 408. The van der Waals surface area contributed by atoms with Gasteiger partial charge in [-0.1, -0.05) is 0 Å². The molecular weight excluding hydrogens is 375 g/mol. The minimum atomic E-state index is 0. The van der Waals surface area contributed by atoms with Gasteiger partial charge in [0.05, 0.1) is 0 Å². The van der Waals surface area contributed by atoms with Gasteiger partial charge < -0.3 is 10.6 Å². The molecule has 2 N–H and O–H groups in total. The maximum absolute atomic E-state index is 12.5. The van der Waals surface area contributed by atoms with Gasteiger partial charge in [0.2, 0.25) is 0 Å². The Morgan fingerprint density at radius 2 is 2.00 bits per heavy atom. The average molecular weight is 395 g/mol. The van der Waals surface area contributed by atoms with Crippen LogP contribution >= 0.6 is 35.0 Å². The summed E-state index contributed by atoms with van der Waals surface area (Å²) in [4.78, 5) is 14.5. The van der Waals surface area contributed by atoms with Crippen LogP contribution in [0.5, 0.6) is 0 Å². The predicted octanol–water partition coefficient (Wildman–Crippen LogP) is 3.06. The number of piperidine rings is 1. The number of hydrogen-bond donors (Lipinski definition) is 1. The van der Waals surface area contributed by atoms with E-state index < -0.39 is 0 Å². The van der Waals surface area contributed by atoms with E-state index in [4.69, 9.17) is 5.73 Å². The van der Waals surface area contributed by atoms with Crippen molar-refractivity contribution in [3.8, 4) is 0 Å². The number of amides is 1. The van der Waals surface area contributed by atoms with E-state index in [1.165, 1.54) is 6.42 Å². The first-order chi connectivity index (χ1) is 8.72. The quantitative estimate of drug-likeness (QED) is 0.801. The molecule has 19 heavy (non-hydrogen) atoms. The van der Waals surface area contributed by atoms with Crippen LogP contribution in [-0.4, -0.2) is 29.9 Å². The third-order valence-corrected chi connectivity index (χ3v) is 4.20. The molecule has 5 heteroatoms. The van der Waals surface area contributed by atoms with E-state index in [1.54, 1.807) is 0 Å². The maximum atomic E-state index is 12.5. The minimum Gasteiger partial charge on any atom is -0.336 e. The van der Waals surface area contributed by atoms with Crippen LogP contribution < -0.4 is 5.73 Å². The molecule has 0 aliphatic carbocycles. The second-order valence-electron chi connectivity index (χ2n) is 4.73. The molecular formula is C14H20ClIN2O. The molecule has 1 atom stereocenters. The number of carbonyl (C=O) groups excluding carboxylic acids is 1. The van der Waals surface area contributed by atoms with E-state index in [9.17, 15) is 4.79 Å². The summed E-state index contributed by atoms with van der Waals surface area (Å²) in [7, 11) is 0. The second-order valence-corrected chi connectivity index (χ2v) is 5.98. The Morgan fingerprint density at radius 1 is 1.32 bits per heavy atom. The number of nitrogens with two attached hydrogens (primary N) is 1. The van der Waals surface area contributed by atoms with Crippen molar-refractivity contribution in [1.82, 2.24) is 4.90 Å². The van der Waals surface area contributed by atoms with Gasteiger partial charge in [0.1, 0.15) is 0 Å². The highest BCUT2D eigenvalue weighted by molar-refractivity contribution is 14.1. The van der Waals surface area contributed by atoms with Gasteiger partial charge in [0.15, 0.2) is 0 Å². The largest absolute Gasteiger partial charge is 0.336 e. The number of hydrogen-bond acceptors (Lipinski definition) is 2. The molecule has 106 valence electrons. The first-order valence-corrected chi connectivity index (χ1v) is 7.57. The summed E-state index contributed by atoms with van der Waals surface area (Å²) < 4.78 is 1.15. The monoisotopic (exact) mass is 394 g/mol. The highest BCUT2D eigenvalue weighted by atomic mass is 127. The Kier molecular flexibility index (Phi) is 7.10. The van der Waals surface area contributed by atoms with Crippen LogP contribution in [-0.2, 0) is 0 Å². The summed E-state index contributed by atoms with van der Waals surface area (Å²) >= 11 is 2.25. The number of nitrogens with zero attached hydrogens (tertiary/aromatic N) is 1. The van der Waals surface area contributed by atoms with E-state index in [0.29, 0.717) is 12.6 Å². The van der Waals surface area contributed by atoms with Crippen molar-refractivity contribution in [3.05, 3.63) is 33.4 Å². The first-order valence-electron chi connectivity index (χ1n) is 6.49. The molecule has 0 bridgehead atoms. The lowest BCUT2D eigenvalue weighted by atomic mass is 9.98. The van der Waals surface area contributed by atoms with Crippen LogP contribution in [0.4, 0.5) is 0 Å². The zero-order valence-electron chi connectivity index (χ0n) is 10.8. The van der Waals surface area contributed by atoms with Gasteiger partial charge in [0, 0.05) is 21.7 Å². The summed E-state index contributed by atoms with van der Waals surface area (Å²) in [5.74, 6) is 0.157. The fourth-order valence-corrected chi connectivity index (χ4v) is 2.88. The lowest BCUT2D eigenvalue weighted by Gasteiger charge is -2.35. The molecule has 1 aliphatic heterocycles. The molecule has 0 spiro atoms. The minimum absolute atomic E-state index is 0. The van der Waals surface area contributed by atoms with Gasteiger partial charge in [-0.3, -0.25) is 4.79 Å². The number of carbonyl (C=O) groups is 1. The van der Waals surface area contributed by atoms with Crippen molar-refractivity contribution in [2.24, 2.45) is 5.73 Å². The molecule has 1 fully saturated rings. The topological polar surface area (TPSA) is 46.3 Å². The van der Waals surface area contributed by atoms with Crippen molar-refractivity contribution in [2.75, 3.05) is 13.1 Å². The standard InChI is InChI=1S/C14H19IN2O.ClH/c15-12-6-4-11(5-7-12)14(18)17-10-2-1-3-13(17)8-9-16;/h4-7,13H,1-3,8-10,16H2;1H. The van der Waals surface area contributed by atoms with Crippen molar-refractivity contribution < 1.29 is 4.79 Å². The van der Waals surface area contributed by atoms with Crippen LogP contribution in [0.2, 0.25) is 0 Å². The Morgan fingerprint density at radius 3 is 2.63 bits per heavy atom. The third kappa shape index (κ3) is 4.33. The van der Waals surface area contributed by atoms with Crippen LogP contribution in [0.1, 0.15) is 36.0 Å². The number of rotatable bonds is 3. The molecule has 1 aromatic carbocycles. The third-order valence-electron chi connectivity index (χ3n) is 3.48. The van der Waals surface area contributed by atoms with Crippen molar-refractivity contribution >= 4 is 40.9 Å². The highest BCUT2D eigenvalue weighted by Crippen LogP contribution is 2.22. The Balaban J connectivity index is 0.00000180. The zero-order chi connectivity index (χ0) is 13.0. The molecule has 1 aliphatic rings. The van der Waals surface area contributed by atoms with Gasteiger partial charge in [0.25, 0.3) is 5.91 Å². The van der Waals surface area contributed by atoms with Crippen LogP contribution in [0.15, 0.2) is 24.3 Å². The lowest BCUT2D eigenvalue weighted by Crippen LogP contribution is -2.44. The summed E-state index contributed by atoms with van der Waals surface area (Å²) in [6, 6.07) is 8.12. The van der Waals surface area contributed by atoms with Gasteiger partial charge in [-0.25, -0.2) is 0 Å². The molecule has 0 saturated carbocycles. The zero-order valence-corrected chi connectivity index (χ0v) is 13.8. The van der Waals surface area contributed by atoms with E-state index in [0.717, 1.165) is 34.9 Å². The first kappa shape index (κ1) is 16.7. The number of likely N-dealkylation sites (tertiary alicyclic amines) is 1. The molecule has 0 aromatic heterocycles. The fourth-order valence-electron chi connectivity index (χ4n) is 2.52. The molecule has 1 saturated heterocycles. The summed E-state index contributed by atoms with van der Waals surface area (Å²) in [5, 5.41) is 0. The van der Waals surface area contributed by atoms with E-state index in [-0.39, 0.29) is 18.3 Å². The molecule has 3 nitrogen and oxygen atoms in total. The van der Waals surface area contributed by atoms with Crippen molar-refractivity contribution in [3.63, 3.8) is 0 Å². The lowest BCUT2D eigenvalue weighted by molar-refractivity contribution is 0.0605. The van der Waals surface area contributed by atoms with Gasteiger partial charge in [-0.05, 0) is 79.1 Å². The molecule has 1 aromatic rings. The van der Waals surface area contributed by atoms with Crippen LogP contribution in [0.25, 0.3) is 0 Å². The average Bonchev–Trinajstić information content (AvgIpc) is 2.40. The second kappa shape index (κ2) is 8.07. The van der Waals surface area contributed by atoms with Crippen molar-refractivity contribution in [2.45, 2.75) is 31.7 Å². The number of benzene rings is 1. The molecule has 1 unspecified atom stereocenters. The van der Waals surface area contributed by atoms with Gasteiger partial charge in [-0.2, -0.15) is 0 Å². The summed E-state index contributed by atoms with van der Waals surface area (Å²) in [6.07, 6.45) is 4.32. The summed E-state index contributed by atoms with van der Waals surface area (Å²) in [6.45, 7) is 1.52. The molecule has 1 heterocycles. The van der Waals surface area contributed by atoms with E-state index in [2.05, 4.69) is 22.6 Å².